The molecule has 0 spiro atoms. The molecule has 1 aliphatic carbocycles. The van der Waals surface area contributed by atoms with Crippen LogP contribution in [0.1, 0.15) is 32.6 Å². The molecule has 2 heteroatoms. The van der Waals surface area contributed by atoms with Crippen molar-refractivity contribution in [2.24, 2.45) is 5.92 Å². The highest BCUT2D eigenvalue weighted by molar-refractivity contribution is 4.97. The molecule has 1 saturated carbocycles. The molecule has 0 aromatic heterocycles. The van der Waals surface area contributed by atoms with Crippen molar-refractivity contribution < 1.29 is 4.74 Å². The Kier molecular flexibility index (Phi) is 2.37. The molecule has 70 valence electrons. The lowest BCUT2D eigenvalue weighted by Crippen LogP contribution is -2.34. The molecule has 0 aromatic carbocycles. The molecule has 0 unspecified atom stereocenters. The molecule has 1 heterocycles. The number of rotatable bonds is 3. The normalized spacial score (nSPS) is 28.8. The van der Waals surface area contributed by atoms with Crippen molar-refractivity contribution in [3.8, 4) is 0 Å². The smallest absolute Gasteiger partial charge is 0.0469 e. The average Bonchev–Trinajstić information content (AvgIpc) is 2.84. The predicted molar refractivity (Wildman–Crippen MR) is 49.2 cm³/mol. The first-order valence-corrected chi connectivity index (χ1v) is 5.11. The van der Waals surface area contributed by atoms with Gasteiger partial charge in [-0.2, -0.15) is 0 Å². The highest BCUT2D eigenvalue weighted by atomic mass is 16.5. The summed E-state index contributed by atoms with van der Waals surface area (Å²) < 4.78 is 5.32. The molecule has 12 heavy (non-hydrogen) atoms. The second-order valence-electron chi connectivity index (χ2n) is 4.50. The number of hydrogen-bond acceptors (Lipinski definition) is 2. The summed E-state index contributed by atoms with van der Waals surface area (Å²) in [6.45, 7) is 5.48. The van der Waals surface area contributed by atoms with Crippen molar-refractivity contribution >= 4 is 0 Å². The van der Waals surface area contributed by atoms with Gasteiger partial charge >= 0.3 is 0 Å². The van der Waals surface area contributed by atoms with Crippen molar-refractivity contribution in [1.82, 2.24) is 5.32 Å². The fourth-order valence-electron chi connectivity index (χ4n) is 1.71. The summed E-state index contributed by atoms with van der Waals surface area (Å²) in [6, 6.07) is 0. The van der Waals surface area contributed by atoms with E-state index in [1.165, 1.54) is 32.2 Å². The first kappa shape index (κ1) is 8.52. The van der Waals surface area contributed by atoms with Crippen LogP contribution >= 0.6 is 0 Å². The summed E-state index contributed by atoms with van der Waals surface area (Å²) in [5.74, 6) is 0.871. The van der Waals surface area contributed by atoms with Crippen LogP contribution in [0, 0.1) is 5.92 Å². The summed E-state index contributed by atoms with van der Waals surface area (Å²) in [5.41, 5.74) is 0.512. The quantitative estimate of drug-likeness (QED) is 0.692. The number of hydrogen-bond donors (Lipinski definition) is 1. The first-order chi connectivity index (χ1) is 5.79. The summed E-state index contributed by atoms with van der Waals surface area (Å²) in [7, 11) is 0. The van der Waals surface area contributed by atoms with Gasteiger partial charge in [0.05, 0.1) is 0 Å². The van der Waals surface area contributed by atoms with E-state index in [1.807, 2.05) is 0 Å². The zero-order valence-corrected chi connectivity index (χ0v) is 7.94. The van der Waals surface area contributed by atoms with Crippen LogP contribution in [-0.4, -0.2) is 25.3 Å². The van der Waals surface area contributed by atoms with Crippen molar-refractivity contribution in [3.63, 3.8) is 0 Å². The Morgan fingerprint density at radius 2 is 2.00 bits per heavy atom. The van der Waals surface area contributed by atoms with Crippen molar-refractivity contribution in [2.75, 3.05) is 19.8 Å². The molecule has 0 radical (unpaired) electrons. The highest BCUT2D eigenvalue weighted by Gasteiger charge is 2.36. The predicted octanol–water partition coefficient (Wildman–Crippen LogP) is 1.56. The standard InChI is InChI=1S/C10H19NO/c1-10(4-5-10)11-8-9-2-6-12-7-3-9/h9,11H,2-8H2,1H3. The summed E-state index contributed by atoms with van der Waals surface area (Å²) >= 11 is 0. The molecule has 0 aromatic rings. The Labute approximate surface area is 74.7 Å². The molecule has 1 N–H and O–H groups in total. The third-order valence-corrected chi connectivity index (χ3v) is 3.16. The maximum Gasteiger partial charge on any atom is 0.0469 e. The van der Waals surface area contributed by atoms with E-state index in [-0.39, 0.29) is 0 Å². The molecule has 0 atom stereocenters. The molecule has 2 nitrogen and oxygen atoms in total. The zero-order valence-electron chi connectivity index (χ0n) is 7.94. The van der Waals surface area contributed by atoms with Crippen LogP contribution in [0.4, 0.5) is 0 Å². The van der Waals surface area contributed by atoms with E-state index in [2.05, 4.69) is 12.2 Å². The van der Waals surface area contributed by atoms with Crippen LogP contribution in [0.15, 0.2) is 0 Å². The largest absolute Gasteiger partial charge is 0.381 e. The Morgan fingerprint density at radius 1 is 1.33 bits per heavy atom. The van der Waals surface area contributed by atoms with Gasteiger partial charge in [0.25, 0.3) is 0 Å². The van der Waals surface area contributed by atoms with Gasteiger partial charge in [0.15, 0.2) is 0 Å². The number of nitrogens with one attached hydrogen (secondary N) is 1. The van der Waals surface area contributed by atoms with Gasteiger partial charge in [-0.1, -0.05) is 0 Å². The lowest BCUT2D eigenvalue weighted by molar-refractivity contribution is 0.0653. The van der Waals surface area contributed by atoms with Crippen LogP contribution in [0.2, 0.25) is 0 Å². The van der Waals surface area contributed by atoms with Crippen molar-refractivity contribution in [2.45, 2.75) is 38.1 Å². The van der Waals surface area contributed by atoms with E-state index in [9.17, 15) is 0 Å². The van der Waals surface area contributed by atoms with E-state index in [4.69, 9.17) is 4.74 Å². The number of ether oxygens (including phenoxy) is 1. The van der Waals surface area contributed by atoms with Gasteiger partial charge in [0.2, 0.25) is 0 Å². The summed E-state index contributed by atoms with van der Waals surface area (Å²) in [5, 5.41) is 3.65. The molecular weight excluding hydrogens is 150 g/mol. The second-order valence-corrected chi connectivity index (χ2v) is 4.50. The molecule has 2 aliphatic rings. The van der Waals surface area contributed by atoms with E-state index in [1.54, 1.807) is 0 Å². The lowest BCUT2D eigenvalue weighted by Gasteiger charge is -2.24. The van der Waals surface area contributed by atoms with Crippen LogP contribution in [0.5, 0.6) is 0 Å². The maximum atomic E-state index is 5.32. The van der Waals surface area contributed by atoms with Gasteiger partial charge in [-0.3, -0.25) is 0 Å². The molecule has 1 aliphatic heterocycles. The van der Waals surface area contributed by atoms with Crippen LogP contribution in [0.25, 0.3) is 0 Å². The molecule has 2 fully saturated rings. The monoisotopic (exact) mass is 169 g/mol. The van der Waals surface area contributed by atoms with Crippen molar-refractivity contribution in [3.05, 3.63) is 0 Å². The topological polar surface area (TPSA) is 21.3 Å². The lowest BCUT2D eigenvalue weighted by atomic mass is 10.00. The first-order valence-electron chi connectivity index (χ1n) is 5.11. The minimum absolute atomic E-state index is 0.512. The van der Waals surface area contributed by atoms with E-state index in [0.717, 1.165) is 19.1 Å². The Morgan fingerprint density at radius 3 is 2.58 bits per heavy atom. The molecular formula is C10H19NO. The molecule has 0 bridgehead atoms. The second kappa shape index (κ2) is 3.35. The fourth-order valence-corrected chi connectivity index (χ4v) is 1.71. The fraction of sp³-hybridized carbons (Fsp3) is 1.00. The highest BCUT2D eigenvalue weighted by Crippen LogP contribution is 2.34. The van der Waals surface area contributed by atoms with E-state index >= 15 is 0 Å². The van der Waals surface area contributed by atoms with Crippen LogP contribution in [-0.2, 0) is 4.74 Å². The van der Waals surface area contributed by atoms with Gasteiger partial charge in [-0.25, -0.2) is 0 Å². The van der Waals surface area contributed by atoms with E-state index in [0.29, 0.717) is 5.54 Å². The molecule has 2 rings (SSSR count). The van der Waals surface area contributed by atoms with Gasteiger partial charge in [-0.15, -0.1) is 0 Å². The Balaban J connectivity index is 1.65. The SMILES string of the molecule is CC1(NCC2CCOCC2)CC1. The van der Waals surface area contributed by atoms with Crippen molar-refractivity contribution in [1.29, 1.82) is 0 Å². The third-order valence-electron chi connectivity index (χ3n) is 3.16. The molecule has 0 amide bonds. The Hall–Kier alpha value is -0.0800. The van der Waals surface area contributed by atoms with Crippen LogP contribution < -0.4 is 5.32 Å². The van der Waals surface area contributed by atoms with Gasteiger partial charge in [0.1, 0.15) is 0 Å². The van der Waals surface area contributed by atoms with Crippen LogP contribution in [0.3, 0.4) is 0 Å². The maximum absolute atomic E-state index is 5.32. The third kappa shape index (κ3) is 2.20. The van der Waals surface area contributed by atoms with Gasteiger partial charge < -0.3 is 10.1 Å². The van der Waals surface area contributed by atoms with Gasteiger partial charge in [-0.05, 0) is 45.1 Å². The average molecular weight is 169 g/mol. The zero-order chi connectivity index (χ0) is 8.44. The minimum atomic E-state index is 0.512. The molecule has 1 saturated heterocycles. The van der Waals surface area contributed by atoms with Gasteiger partial charge in [0, 0.05) is 18.8 Å². The minimum Gasteiger partial charge on any atom is -0.381 e. The Bertz CT molecular complexity index is 148. The summed E-state index contributed by atoms with van der Waals surface area (Å²) in [4.78, 5) is 0. The van der Waals surface area contributed by atoms with E-state index < -0.39 is 0 Å². The summed E-state index contributed by atoms with van der Waals surface area (Å²) in [6.07, 6.45) is 5.25.